The number of imidazole rings is 1. The quantitative estimate of drug-likeness (QED) is 0.112. The number of thiophene rings is 1. The van der Waals surface area contributed by atoms with Gasteiger partial charge in [0.2, 0.25) is 0 Å². The van der Waals surface area contributed by atoms with Gasteiger partial charge in [-0.3, -0.25) is 4.98 Å². The van der Waals surface area contributed by atoms with Crippen molar-refractivity contribution in [1.29, 1.82) is 0 Å². The molecule has 0 bridgehead atoms. The fraction of sp³-hybridized carbons (Fsp3) is 0.300. The van der Waals surface area contributed by atoms with Gasteiger partial charge in [-0.05, 0) is 73.3 Å². The summed E-state index contributed by atoms with van der Waals surface area (Å²) in [4.78, 5) is 9.85. The van der Waals surface area contributed by atoms with E-state index in [1.54, 1.807) is 11.3 Å². The number of hydrogen-bond acceptors (Lipinski definition) is 3. The van der Waals surface area contributed by atoms with Crippen LogP contribution in [0.1, 0.15) is 90.1 Å². The van der Waals surface area contributed by atoms with Crippen LogP contribution in [0.2, 0.25) is 17.3 Å². The molecule has 0 aliphatic carbocycles. The average Bonchev–Trinajstić information content (AvgIpc) is 3.86. The molecule has 3 aromatic heterocycles. The van der Waals surface area contributed by atoms with E-state index in [2.05, 4.69) is 139 Å². The third kappa shape index (κ3) is 11.4. The first-order valence-corrected chi connectivity index (χ1v) is 30.9. The molecule has 0 saturated carbocycles. The van der Waals surface area contributed by atoms with Gasteiger partial charge >= 0.3 is 135 Å². The molecule has 0 aliphatic rings. The van der Waals surface area contributed by atoms with Gasteiger partial charge in [-0.1, -0.05) is 125 Å². The molecule has 66 heavy (non-hydrogen) atoms. The maximum atomic E-state index is 8.88. The minimum atomic E-state index is -2.24. The molecule has 9 rings (SSSR count). The van der Waals surface area contributed by atoms with Gasteiger partial charge in [-0.2, -0.15) is 11.3 Å². The average molecular weight is 1130 g/mol. The van der Waals surface area contributed by atoms with E-state index in [9.17, 15) is 0 Å². The van der Waals surface area contributed by atoms with Crippen LogP contribution in [0, 0.1) is 23.0 Å². The van der Waals surface area contributed by atoms with Crippen molar-refractivity contribution < 1.29 is 25.6 Å². The van der Waals surface area contributed by atoms with Crippen molar-refractivity contribution in [2.24, 2.45) is 10.8 Å². The Balaban J connectivity index is 0.000000254. The first kappa shape index (κ1) is 43.9. The van der Waals surface area contributed by atoms with Gasteiger partial charge < -0.3 is 4.57 Å². The fourth-order valence-electron chi connectivity index (χ4n) is 8.34. The second-order valence-electron chi connectivity index (χ2n) is 21.3. The summed E-state index contributed by atoms with van der Waals surface area (Å²) in [6.07, 6.45) is -0.957. The minimum absolute atomic E-state index is 0. The van der Waals surface area contributed by atoms with Crippen LogP contribution in [-0.2, 0) is 44.8 Å². The van der Waals surface area contributed by atoms with E-state index < -0.39 is 36.8 Å². The third-order valence-electron chi connectivity index (χ3n) is 11.4. The number of hydrogen-bond donors (Lipinski definition) is 0. The van der Waals surface area contributed by atoms with Crippen LogP contribution < -0.4 is 4.40 Å². The fourth-order valence-corrected chi connectivity index (χ4v) is 12.5. The summed E-state index contributed by atoms with van der Waals surface area (Å²) in [7, 11) is 0. The standard InChI is InChI=1S/C41H39N2S.C19H26GeN.Ir/c1-40(2,3)25-27-19-22-31-32-15-12-16-33(38(32)44-37(31)23-27)39-42-35-17-10-11-18-36(35)43(39)26-29-20-21-30(41(4,5)6)24-34(29)28-13-8-7-9-14-28;1-19(2,3)13-16-12-18(15-10-8-7-9-11-15)21-14-17(16)20(4,5)6;/h7-15,17-24H,25-26H2,1-6H3;7-10,12,14H,13H2,1-6H3;/q2*-1;/i25D2;13D2;. The monoisotopic (exact) mass is 1130 g/mol. The zero-order chi connectivity index (χ0) is 49.9. The number of aromatic nitrogens is 3. The van der Waals surface area contributed by atoms with E-state index in [4.69, 9.17) is 10.5 Å². The summed E-state index contributed by atoms with van der Waals surface area (Å²) in [5, 5.41) is 2.28. The summed E-state index contributed by atoms with van der Waals surface area (Å²) in [6, 6.07) is 52.6. The molecule has 0 aliphatic heterocycles. The van der Waals surface area contributed by atoms with Crippen LogP contribution in [0.3, 0.4) is 0 Å². The molecule has 1 radical (unpaired) electrons. The van der Waals surface area contributed by atoms with Crippen molar-refractivity contribution in [3.05, 3.63) is 174 Å². The van der Waals surface area contributed by atoms with Crippen molar-refractivity contribution in [1.82, 2.24) is 14.5 Å². The van der Waals surface area contributed by atoms with E-state index in [0.29, 0.717) is 12.1 Å². The molecule has 341 valence electrons. The summed E-state index contributed by atoms with van der Waals surface area (Å²) in [5.74, 6) is 7.75. The Labute approximate surface area is 420 Å². The van der Waals surface area contributed by atoms with Crippen molar-refractivity contribution >= 4 is 60.2 Å². The normalized spacial score (nSPS) is 13.6. The van der Waals surface area contributed by atoms with Crippen LogP contribution >= 0.6 is 11.3 Å². The number of benzene rings is 6. The van der Waals surface area contributed by atoms with Gasteiger partial charge in [0, 0.05) is 34.1 Å². The second-order valence-corrected chi connectivity index (χ2v) is 32.9. The Bertz CT molecular complexity index is 3300. The zero-order valence-corrected chi connectivity index (χ0v) is 45.9. The minimum Gasteiger partial charge on any atom is -0.360 e. The maximum absolute atomic E-state index is 8.88. The van der Waals surface area contributed by atoms with Crippen molar-refractivity contribution in [2.75, 3.05) is 0 Å². The molecular formula is C60H65GeIrN3S-2. The topological polar surface area (TPSA) is 30.7 Å². The van der Waals surface area contributed by atoms with Gasteiger partial charge in [0.05, 0.1) is 16.9 Å². The van der Waals surface area contributed by atoms with Crippen molar-refractivity contribution in [3.63, 3.8) is 0 Å². The van der Waals surface area contributed by atoms with E-state index in [-0.39, 0.29) is 25.5 Å². The van der Waals surface area contributed by atoms with Crippen LogP contribution in [0.5, 0.6) is 0 Å². The molecule has 0 amide bonds. The van der Waals surface area contributed by atoms with E-state index in [1.807, 2.05) is 102 Å². The van der Waals surface area contributed by atoms with Crippen LogP contribution in [-0.4, -0.2) is 27.8 Å². The Morgan fingerprint density at radius 1 is 0.682 bits per heavy atom. The Hall–Kier alpha value is -4.65. The van der Waals surface area contributed by atoms with Crippen LogP contribution in [0.4, 0.5) is 0 Å². The largest absolute Gasteiger partial charge is 0.360 e. The molecule has 0 N–H and O–H groups in total. The van der Waals surface area contributed by atoms with E-state index in [0.717, 1.165) is 63.8 Å². The van der Waals surface area contributed by atoms with E-state index in [1.165, 1.54) is 22.3 Å². The Kier molecular flexibility index (Phi) is 13.0. The van der Waals surface area contributed by atoms with Crippen molar-refractivity contribution in [2.45, 2.75) is 104 Å². The number of fused-ring (bicyclic) bond motifs is 4. The third-order valence-corrected chi connectivity index (χ3v) is 16.8. The molecule has 0 spiro atoms. The predicted molar refractivity (Wildman–Crippen MR) is 284 cm³/mol. The first-order valence-electron chi connectivity index (χ1n) is 24.8. The van der Waals surface area contributed by atoms with Gasteiger partial charge in [-0.15, -0.1) is 18.2 Å². The van der Waals surface area contributed by atoms with Crippen molar-refractivity contribution in [3.8, 4) is 33.8 Å². The second kappa shape index (κ2) is 19.5. The molecule has 9 aromatic rings. The molecule has 3 nitrogen and oxygen atoms in total. The number of rotatable bonds is 8. The Morgan fingerprint density at radius 3 is 2.08 bits per heavy atom. The number of pyridine rings is 1. The molecule has 0 fully saturated rings. The smallest absolute Gasteiger partial charge is 0.0770 e. The van der Waals surface area contributed by atoms with Crippen LogP contribution in [0.25, 0.3) is 65.0 Å². The molecule has 3 heterocycles. The zero-order valence-electron chi connectivity index (χ0n) is 44.6. The summed E-state index contributed by atoms with van der Waals surface area (Å²) in [6.45, 7) is 19.2. The first-order chi connectivity index (χ1) is 32.3. The van der Waals surface area contributed by atoms with Gasteiger partial charge in [-0.25, -0.2) is 0 Å². The number of para-hydroxylation sites is 2. The predicted octanol–water partition coefficient (Wildman–Crippen LogP) is 16.2. The maximum Gasteiger partial charge on any atom is 0.0770 e. The summed E-state index contributed by atoms with van der Waals surface area (Å²) < 4.78 is 41.0. The van der Waals surface area contributed by atoms with Crippen LogP contribution in [0.15, 0.2) is 140 Å². The Morgan fingerprint density at radius 2 is 1.39 bits per heavy atom. The molecule has 6 aromatic carbocycles. The molecule has 0 atom stereocenters. The molecular weight excluding hydrogens is 1060 g/mol. The van der Waals surface area contributed by atoms with Gasteiger partial charge in [0.25, 0.3) is 0 Å². The summed E-state index contributed by atoms with van der Waals surface area (Å²) in [5.41, 5.74) is 10.3. The molecule has 6 heteroatoms. The molecule has 0 saturated heterocycles. The molecule has 0 unspecified atom stereocenters. The SMILES string of the molecule is [2H]C([2H])(c1cc(-c2[c-]cccc2)nc[c]1[Ge]([CH3])([CH3])[CH3])C(C)(C)C.[2H]C([2H])(c1ccc2c(c1)sc1c(-c3nc4ccccc4n3Cc3ccc(C(C)(C)C)cc3-c3ccccc3)[c-]ccc12)C(C)(C)C.[Ir]. The van der Waals surface area contributed by atoms with E-state index >= 15 is 0 Å². The van der Waals surface area contributed by atoms with Gasteiger partial charge in [0.15, 0.2) is 0 Å². The number of nitrogens with zero attached hydrogens (tertiary/aromatic N) is 3. The summed E-state index contributed by atoms with van der Waals surface area (Å²) >= 11 is -0.538. The van der Waals surface area contributed by atoms with Gasteiger partial charge in [0.1, 0.15) is 0 Å².